The van der Waals surface area contributed by atoms with Gasteiger partial charge in [-0.2, -0.15) is 0 Å². The number of carbonyl (C=O) groups is 1. The van der Waals surface area contributed by atoms with Crippen LogP contribution in [0.2, 0.25) is 0 Å². The Balaban J connectivity index is 1.52. The summed E-state index contributed by atoms with van der Waals surface area (Å²) >= 11 is 0. The van der Waals surface area contributed by atoms with Gasteiger partial charge in [-0.05, 0) is 26.3 Å². The van der Waals surface area contributed by atoms with Crippen molar-refractivity contribution in [3.8, 4) is 0 Å². The first kappa shape index (κ1) is 18.4. The number of hydrogen-bond acceptors (Lipinski definition) is 5. The third-order valence-electron chi connectivity index (χ3n) is 5.41. The van der Waals surface area contributed by atoms with E-state index in [2.05, 4.69) is 25.2 Å². The van der Waals surface area contributed by atoms with Gasteiger partial charge in [-0.3, -0.25) is 4.79 Å². The molecule has 7 heteroatoms. The van der Waals surface area contributed by atoms with Crippen molar-refractivity contribution in [1.29, 1.82) is 0 Å². The molecule has 0 spiro atoms. The first-order valence-electron chi connectivity index (χ1n) is 9.50. The summed E-state index contributed by atoms with van der Waals surface area (Å²) in [6.45, 7) is 5.16. The minimum absolute atomic E-state index is 0.0605. The van der Waals surface area contributed by atoms with E-state index in [1.807, 2.05) is 44.2 Å². The van der Waals surface area contributed by atoms with Crippen LogP contribution < -0.4 is 10.2 Å². The largest absolute Gasteiger partial charge is 0.380 e. The average Bonchev–Trinajstić information content (AvgIpc) is 3.26. The molecule has 146 valence electrons. The monoisotopic (exact) mass is 379 g/mol. The number of nitrogens with zero attached hydrogens (tertiary/aromatic N) is 3. The molecule has 28 heavy (non-hydrogen) atoms. The van der Waals surface area contributed by atoms with Crippen LogP contribution in [0.25, 0.3) is 10.9 Å². The zero-order valence-corrected chi connectivity index (χ0v) is 16.4. The van der Waals surface area contributed by atoms with Crippen LogP contribution in [0.5, 0.6) is 0 Å². The second-order valence-electron chi connectivity index (χ2n) is 7.30. The summed E-state index contributed by atoms with van der Waals surface area (Å²) in [5, 5.41) is 4.07. The molecule has 0 unspecified atom stereocenters. The van der Waals surface area contributed by atoms with Gasteiger partial charge in [0, 0.05) is 48.6 Å². The number of methoxy groups -OCH3 is 1. The minimum atomic E-state index is -0.0605. The smallest absolute Gasteiger partial charge is 0.253 e. The molecule has 0 radical (unpaired) electrons. The number of aromatic amines is 1. The van der Waals surface area contributed by atoms with Crippen molar-refractivity contribution >= 4 is 22.6 Å². The molecule has 0 aliphatic carbocycles. The van der Waals surface area contributed by atoms with Crippen molar-refractivity contribution in [3.05, 3.63) is 53.6 Å². The SMILES string of the molecule is CO[C@H]1C[C@@H](CNC(=O)c2c(C)[nH]c3ccccc23)N(c2cc(C)ncn2)C1. The molecule has 1 amide bonds. The van der Waals surface area contributed by atoms with Gasteiger partial charge in [0.25, 0.3) is 5.91 Å². The predicted octanol–water partition coefficient (Wildman–Crippen LogP) is 2.60. The average molecular weight is 379 g/mol. The first-order chi connectivity index (χ1) is 13.6. The van der Waals surface area contributed by atoms with E-state index in [0.717, 1.165) is 41.1 Å². The van der Waals surface area contributed by atoms with Gasteiger partial charge in [-0.1, -0.05) is 18.2 Å². The Morgan fingerprint density at radius 3 is 2.93 bits per heavy atom. The molecule has 1 aromatic carbocycles. The molecule has 0 bridgehead atoms. The third kappa shape index (κ3) is 3.45. The molecule has 2 atom stereocenters. The molecule has 1 saturated heterocycles. The maximum absolute atomic E-state index is 12.9. The Hall–Kier alpha value is -2.93. The van der Waals surface area contributed by atoms with E-state index in [0.29, 0.717) is 12.1 Å². The summed E-state index contributed by atoms with van der Waals surface area (Å²) in [5.41, 5.74) is 3.48. The zero-order valence-electron chi connectivity index (χ0n) is 16.4. The Labute approximate surface area is 164 Å². The number of hydrogen-bond donors (Lipinski definition) is 2. The predicted molar refractivity (Wildman–Crippen MR) is 109 cm³/mol. The van der Waals surface area contributed by atoms with E-state index in [1.54, 1.807) is 13.4 Å². The summed E-state index contributed by atoms with van der Waals surface area (Å²) in [6.07, 6.45) is 2.54. The highest BCUT2D eigenvalue weighted by Crippen LogP contribution is 2.26. The van der Waals surface area contributed by atoms with Crippen molar-refractivity contribution in [2.45, 2.75) is 32.4 Å². The number of aryl methyl sites for hydroxylation is 2. The quantitative estimate of drug-likeness (QED) is 0.712. The van der Waals surface area contributed by atoms with Crippen LogP contribution in [0.1, 0.15) is 28.2 Å². The number of rotatable bonds is 5. The maximum atomic E-state index is 12.9. The number of fused-ring (bicyclic) bond motifs is 1. The number of nitrogens with one attached hydrogen (secondary N) is 2. The van der Waals surface area contributed by atoms with E-state index in [1.165, 1.54) is 0 Å². The zero-order chi connectivity index (χ0) is 19.7. The van der Waals surface area contributed by atoms with Gasteiger partial charge in [0.2, 0.25) is 0 Å². The molecule has 7 nitrogen and oxygen atoms in total. The lowest BCUT2D eigenvalue weighted by molar-refractivity contribution is 0.0947. The van der Waals surface area contributed by atoms with Gasteiger partial charge in [-0.15, -0.1) is 0 Å². The Kier molecular flexibility index (Phi) is 5.00. The van der Waals surface area contributed by atoms with Crippen LogP contribution in [0, 0.1) is 13.8 Å². The first-order valence-corrected chi connectivity index (χ1v) is 9.50. The molecule has 4 rings (SSSR count). The molecular weight excluding hydrogens is 354 g/mol. The Morgan fingerprint density at radius 1 is 1.32 bits per heavy atom. The summed E-state index contributed by atoms with van der Waals surface area (Å²) < 4.78 is 5.58. The van der Waals surface area contributed by atoms with E-state index < -0.39 is 0 Å². The summed E-state index contributed by atoms with van der Waals surface area (Å²) in [6, 6.07) is 9.96. The molecule has 2 N–H and O–H groups in total. The lowest BCUT2D eigenvalue weighted by Crippen LogP contribution is -2.40. The fourth-order valence-corrected chi connectivity index (χ4v) is 3.98. The van der Waals surface area contributed by atoms with Gasteiger partial charge >= 0.3 is 0 Å². The Morgan fingerprint density at radius 2 is 2.14 bits per heavy atom. The number of aromatic nitrogens is 3. The molecule has 3 heterocycles. The number of ether oxygens (including phenoxy) is 1. The molecule has 2 aromatic heterocycles. The van der Waals surface area contributed by atoms with E-state index in [9.17, 15) is 4.79 Å². The summed E-state index contributed by atoms with van der Waals surface area (Å²) in [5.74, 6) is 0.809. The number of H-pyrrole nitrogens is 1. The number of benzene rings is 1. The van der Waals surface area contributed by atoms with Crippen LogP contribution in [0.15, 0.2) is 36.7 Å². The highest BCUT2D eigenvalue weighted by Gasteiger charge is 2.33. The van der Waals surface area contributed by atoms with Crippen molar-refractivity contribution in [2.24, 2.45) is 0 Å². The topological polar surface area (TPSA) is 83.1 Å². The van der Waals surface area contributed by atoms with Crippen LogP contribution in [-0.2, 0) is 4.74 Å². The number of amides is 1. The van der Waals surface area contributed by atoms with Crippen LogP contribution in [0.4, 0.5) is 5.82 Å². The fourth-order valence-electron chi connectivity index (χ4n) is 3.98. The summed E-state index contributed by atoms with van der Waals surface area (Å²) in [4.78, 5) is 27.0. The van der Waals surface area contributed by atoms with E-state index >= 15 is 0 Å². The van der Waals surface area contributed by atoms with Crippen LogP contribution in [0.3, 0.4) is 0 Å². The van der Waals surface area contributed by atoms with Crippen molar-refractivity contribution < 1.29 is 9.53 Å². The van der Waals surface area contributed by atoms with E-state index in [4.69, 9.17) is 4.74 Å². The molecule has 1 fully saturated rings. The second kappa shape index (κ2) is 7.59. The lowest BCUT2D eigenvalue weighted by atomic mass is 10.1. The highest BCUT2D eigenvalue weighted by molar-refractivity contribution is 6.08. The van der Waals surface area contributed by atoms with Crippen LogP contribution >= 0.6 is 0 Å². The lowest BCUT2D eigenvalue weighted by Gasteiger charge is -2.25. The molecule has 0 saturated carbocycles. The summed E-state index contributed by atoms with van der Waals surface area (Å²) in [7, 11) is 1.73. The minimum Gasteiger partial charge on any atom is -0.380 e. The molecule has 1 aliphatic rings. The Bertz CT molecular complexity index is 999. The van der Waals surface area contributed by atoms with Crippen molar-refractivity contribution in [1.82, 2.24) is 20.3 Å². The maximum Gasteiger partial charge on any atom is 0.253 e. The number of carbonyl (C=O) groups excluding carboxylic acids is 1. The van der Waals surface area contributed by atoms with Gasteiger partial charge in [0.15, 0.2) is 0 Å². The molecule has 1 aliphatic heterocycles. The van der Waals surface area contributed by atoms with Crippen LogP contribution in [-0.4, -0.2) is 53.2 Å². The third-order valence-corrected chi connectivity index (χ3v) is 5.41. The molecular formula is C21H25N5O2. The van der Waals surface area contributed by atoms with Gasteiger partial charge in [-0.25, -0.2) is 9.97 Å². The van der Waals surface area contributed by atoms with Gasteiger partial charge < -0.3 is 19.9 Å². The van der Waals surface area contributed by atoms with E-state index in [-0.39, 0.29) is 18.1 Å². The second-order valence-corrected chi connectivity index (χ2v) is 7.30. The fraction of sp³-hybridized carbons (Fsp3) is 0.381. The van der Waals surface area contributed by atoms with Gasteiger partial charge in [0.1, 0.15) is 12.1 Å². The van der Waals surface area contributed by atoms with Gasteiger partial charge in [0.05, 0.1) is 17.7 Å². The number of para-hydroxylation sites is 1. The standard InChI is InChI=1S/C21H25N5O2/c1-13-8-19(24-12-23-13)26-11-16(28-3)9-15(26)10-22-21(27)20-14(2)25-18-7-5-4-6-17(18)20/h4-8,12,15-16,25H,9-11H2,1-3H3,(H,22,27)/t15-,16-/m0/s1. The molecule has 3 aromatic rings. The van der Waals surface area contributed by atoms with Crippen molar-refractivity contribution in [2.75, 3.05) is 25.1 Å². The number of anilines is 1. The normalized spacial score (nSPS) is 19.3. The van der Waals surface area contributed by atoms with Crippen molar-refractivity contribution in [3.63, 3.8) is 0 Å². The highest BCUT2D eigenvalue weighted by atomic mass is 16.5.